The standard InChI is InChI=1S/C13H14O5/c1-7-10-11(9(14)12(15)17-10)18-13(16-7)8-5-3-2-4-6-8/h2-7,9-11,13-14H,1H3/t7-,9+,10-,11-,13+/m0/s1. The fraction of sp³-hybridized carbons (Fsp3) is 0.462. The molecule has 2 heterocycles. The molecule has 2 saturated heterocycles. The topological polar surface area (TPSA) is 65.0 Å². The summed E-state index contributed by atoms with van der Waals surface area (Å²) < 4.78 is 16.3. The molecule has 0 bridgehead atoms. The highest BCUT2D eigenvalue weighted by Gasteiger charge is 2.52. The van der Waals surface area contributed by atoms with Crippen LogP contribution in [0.2, 0.25) is 0 Å². The van der Waals surface area contributed by atoms with E-state index in [2.05, 4.69) is 0 Å². The first-order valence-corrected chi connectivity index (χ1v) is 5.91. The quantitative estimate of drug-likeness (QED) is 0.746. The Hall–Kier alpha value is -1.43. The van der Waals surface area contributed by atoms with Crippen LogP contribution in [0.1, 0.15) is 18.8 Å². The lowest BCUT2D eigenvalue weighted by atomic mass is 10.0. The molecule has 1 N–H and O–H groups in total. The van der Waals surface area contributed by atoms with E-state index in [1.54, 1.807) is 6.92 Å². The Bertz CT molecular complexity index is 446. The molecule has 5 atom stereocenters. The van der Waals surface area contributed by atoms with Crippen molar-refractivity contribution >= 4 is 5.97 Å². The molecule has 2 fully saturated rings. The SMILES string of the molecule is C[C@@H]1O[C@@H](c2ccccc2)O[C@@H]2[C@H]1OC(=O)[C@@H]2O. The van der Waals surface area contributed by atoms with Crippen LogP contribution in [0.5, 0.6) is 0 Å². The summed E-state index contributed by atoms with van der Waals surface area (Å²) in [4.78, 5) is 11.3. The molecular formula is C13H14O5. The summed E-state index contributed by atoms with van der Waals surface area (Å²) in [5.41, 5.74) is 0.856. The van der Waals surface area contributed by atoms with Gasteiger partial charge in [-0.25, -0.2) is 4.79 Å². The van der Waals surface area contributed by atoms with Crippen LogP contribution in [0, 0.1) is 0 Å². The highest BCUT2D eigenvalue weighted by Crippen LogP contribution is 2.36. The van der Waals surface area contributed by atoms with E-state index in [9.17, 15) is 9.90 Å². The molecule has 2 aliphatic rings. The molecule has 1 aromatic carbocycles. The number of aliphatic hydroxyl groups excluding tert-OH is 1. The average molecular weight is 250 g/mol. The number of carbonyl (C=O) groups excluding carboxylic acids is 1. The Morgan fingerprint density at radius 1 is 1.11 bits per heavy atom. The Labute approximate surface area is 104 Å². The lowest BCUT2D eigenvalue weighted by Crippen LogP contribution is -2.47. The summed E-state index contributed by atoms with van der Waals surface area (Å²) in [5, 5.41) is 9.72. The molecule has 0 amide bonds. The summed E-state index contributed by atoms with van der Waals surface area (Å²) in [7, 11) is 0. The van der Waals surface area contributed by atoms with Gasteiger partial charge in [0.25, 0.3) is 0 Å². The van der Waals surface area contributed by atoms with Crippen LogP contribution in [0.4, 0.5) is 0 Å². The van der Waals surface area contributed by atoms with Crippen molar-refractivity contribution in [2.45, 2.75) is 37.6 Å². The third kappa shape index (κ3) is 1.80. The van der Waals surface area contributed by atoms with Crippen molar-refractivity contribution in [3.63, 3.8) is 0 Å². The number of carbonyl (C=O) groups is 1. The third-order valence-corrected chi connectivity index (χ3v) is 3.28. The van der Waals surface area contributed by atoms with E-state index < -0.39 is 30.6 Å². The van der Waals surface area contributed by atoms with Gasteiger partial charge in [-0.1, -0.05) is 30.3 Å². The fourth-order valence-electron chi connectivity index (χ4n) is 2.31. The molecule has 0 unspecified atom stereocenters. The van der Waals surface area contributed by atoms with Gasteiger partial charge in [0.05, 0.1) is 6.10 Å². The molecule has 1 aromatic rings. The van der Waals surface area contributed by atoms with E-state index in [0.29, 0.717) is 0 Å². The van der Waals surface area contributed by atoms with Gasteiger partial charge < -0.3 is 19.3 Å². The van der Waals surface area contributed by atoms with E-state index in [1.165, 1.54) is 0 Å². The molecule has 0 aromatic heterocycles. The van der Waals surface area contributed by atoms with Crippen LogP contribution in [0.25, 0.3) is 0 Å². The molecule has 0 aliphatic carbocycles. The normalized spacial score (nSPS) is 39.2. The number of ether oxygens (including phenoxy) is 3. The molecule has 0 radical (unpaired) electrons. The molecular weight excluding hydrogens is 236 g/mol. The van der Waals surface area contributed by atoms with Crippen LogP contribution in [0.15, 0.2) is 30.3 Å². The molecule has 2 aliphatic heterocycles. The third-order valence-electron chi connectivity index (χ3n) is 3.28. The maximum Gasteiger partial charge on any atom is 0.338 e. The Morgan fingerprint density at radius 2 is 1.83 bits per heavy atom. The van der Waals surface area contributed by atoms with Crippen molar-refractivity contribution in [1.29, 1.82) is 0 Å². The lowest BCUT2D eigenvalue weighted by Gasteiger charge is -2.36. The van der Waals surface area contributed by atoms with Gasteiger partial charge in [0, 0.05) is 5.56 Å². The van der Waals surface area contributed by atoms with Gasteiger partial charge in [0.2, 0.25) is 0 Å². The van der Waals surface area contributed by atoms with Crippen molar-refractivity contribution < 1.29 is 24.1 Å². The van der Waals surface area contributed by atoms with Crippen LogP contribution >= 0.6 is 0 Å². The largest absolute Gasteiger partial charge is 0.455 e. The predicted molar refractivity (Wildman–Crippen MR) is 60.5 cm³/mol. The number of hydrogen-bond donors (Lipinski definition) is 1. The number of esters is 1. The van der Waals surface area contributed by atoms with Crippen molar-refractivity contribution in [3.05, 3.63) is 35.9 Å². The smallest absolute Gasteiger partial charge is 0.338 e. The molecule has 5 heteroatoms. The monoisotopic (exact) mass is 250 g/mol. The summed E-state index contributed by atoms with van der Waals surface area (Å²) in [5.74, 6) is -0.644. The maximum atomic E-state index is 11.3. The molecule has 96 valence electrons. The van der Waals surface area contributed by atoms with E-state index in [0.717, 1.165) is 5.56 Å². The predicted octanol–water partition coefficient (Wildman–Crippen LogP) is 0.775. The first-order chi connectivity index (χ1) is 8.66. The highest BCUT2D eigenvalue weighted by atomic mass is 16.7. The second-order valence-electron chi connectivity index (χ2n) is 4.53. The Kier molecular flexibility index (Phi) is 2.81. The second-order valence-corrected chi connectivity index (χ2v) is 4.53. The van der Waals surface area contributed by atoms with Gasteiger partial charge in [-0.3, -0.25) is 0 Å². The molecule has 18 heavy (non-hydrogen) atoms. The van der Waals surface area contributed by atoms with E-state index in [-0.39, 0.29) is 6.10 Å². The maximum absolute atomic E-state index is 11.3. The summed E-state index contributed by atoms with van der Waals surface area (Å²) in [6, 6.07) is 9.41. The van der Waals surface area contributed by atoms with Crippen LogP contribution in [-0.2, 0) is 19.0 Å². The van der Waals surface area contributed by atoms with Crippen molar-refractivity contribution in [2.24, 2.45) is 0 Å². The van der Waals surface area contributed by atoms with E-state index >= 15 is 0 Å². The minimum absolute atomic E-state index is 0.310. The van der Waals surface area contributed by atoms with Gasteiger partial charge in [-0.05, 0) is 6.92 Å². The van der Waals surface area contributed by atoms with Crippen LogP contribution in [0.3, 0.4) is 0 Å². The zero-order chi connectivity index (χ0) is 12.7. The molecule has 3 rings (SSSR count). The van der Waals surface area contributed by atoms with E-state index in [4.69, 9.17) is 14.2 Å². The lowest BCUT2D eigenvalue weighted by molar-refractivity contribution is -0.278. The van der Waals surface area contributed by atoms with Crippen LogP contribution < -0.4 is 0 Å². The number of aliphatic hydroxyl groups is 1. The molecule has 0 saturated carbocycles. The fourth-order valence-corrected chi connectivity index (χ4v) is 2.31. The van der Waals surface area contributed by atoms with E-state index in [1.807, 2.05) is 30.3 Å². The van der Waals surface area contributed by atoms with Gasteiger partial charge in [0.1, 0.15) is 6.10 Å². The van der Waals surface area contributed by atoms with Gasteiger partial charge in [0.15, 0.2) is 18.5 Å². The summed E-state index contributed by atoms with van der Waals surface area (Å²) in [6.07, 6.45) is -3.31. The summed E-state index contributed by atoms with van der Waals surface area (Å²) in [6.45, 7) is 1.81. The highest BCUT2D eigenvalue weighted by molar-refractivity contribution is 5.78. The minimum Gasteiger partial charge on any atom is -0.455 e. The van der Waals surface area contributed by atoms with Crippen LogP contribution in [-0.4, -0.2) is 35.5 Å². The zero-order valence-corrected chi connectivity index (χ0v) is 9.85. The summed E-state index contributed by atoms with van der Waals surface area (Å²) >= 11 is 0. The average Bonchev–Trinajstić information content (AvgIpc) is 2.68. The first-order valence-electron chi connectivity index (χ1n) is 5.91. The Morgan fingerprint density at radius 3 is 2.56 bits per heavy atom. The van der Waals surface area contributed by atoms with Crippen molar-refractivity contribution in [2.75, 3.05) is 0 Å². The number of hydrogen-bond acceptors (Lipinski definition) is 5. The number of benzene rings is 1. The van der Waals surface area contributed by atoms with Gasteiger partial charge in [-0.15, -0.1) is 0 Å². The zero-order valence-electron chi connectivity index (χ0n) is 9.85. The Balaban J connectivity index is 1.83. The minimum atomic E-state index is -1.23. The van der Waals surface area contributed by atoms with Gasteiger partial charge >= 0.3 is 5.97 Å². The first kappa shape index (κ1) is 11.6. The van der Waals surface area contributed by atoms with Gasteiger partial charge in [-0.2, -0.15) is 0 Å². The number of rotatable bonds is 1. The molecule has 5 nitrogen and oxygen atoms in total. The second kappa shape index (κ2) is 4.35. The molecule has 0 spiro atoms. The number of fused-ring (bicyclic) bond motifs is 1. The van der Waals surface area contributed by atoms with Crippen molar-refractivity contribution in [3.8, 4) is 0 Å². The van der Waals surface area contributed by atoms with Crippen molar-refractivity contribution in [1.82, 2.24) is 0 Å².